The molecule has 3 nitrogen and oxygen atoms in total. The molecule has 0 aromatic carbocycles. The molecular weight excluding hydrogens is 218 g/mol. The Kier molecular flexibility index (Phi) is 3.31. The zero-order valence-corrected chi connectivity index (χ0v) is 10.2. The Labute approximate surface area is 99.4 Å². The molecule has 0 aliphatic rings. The van der Waals surface area contributed by atoms with Crippen molar-refractivity contribution in [1.29, 1.82) is 0 Å². The Balaban J connectivity index is 2.19. The molecule has 16 heavy (non-hydrogen) atoms. The van der Waals surface area contributed by atoms with E-state index in [-0.39, 0.29) is 12.0 Å². The molecule has 0 aliphatic carbocycles. The van der Waals surface area contributed by atoms with E-state index in [9.17, 15) is 0 Å². The number of aromatic nitrogens is 2. The number of rotatable bonds is 3. The maximum absolute atomic E-state index is 6.21. The summed E-state index contributed by atoms with van der Waals surface area (Å²) in [6, 6.07) is 5.89. The zero-order valence-electron chi connectivity index (χ0n) is 9.42. The highest BCUT2D eigenvalue weighted by molar-refractivity contribution is 7.11. The smallest absolute Gasteiger partial charge is 0.0897 e. The molecule has 84 valence electrons. The van der Waals surface area contributed by atoms with Gasteiger partial charge in [0, 0.05) is 34.9 Å². The second kappa shape index (κ2) is 4.72. The highest BCUT2D eigenvalue weighted by atomic mass is 32.1. The quantitative estimate of drug-likeness (QED) is 0.886. The normalized spacial score (nSPS) is 14.7. The molecule has 4 heteroatoms. The van der Waals surface area contributed by atoms with Crippen LogP contribution < -0.4 is 5.73 Å². The Morgan fingerprint density at radius 2 is 2.12 bits per heavy atom. The maximum Gasteiger partial charge on any atom is 0.0897 e. The number of hydrogen-bond acceptors (Lipinski definition) is 4. The predicted octanol–water partition coefficient (Wildman–Crippen LogP) is 2.65. The molecule has 2 unspecified atom stereocenters. The fourth-order valence-electron chi connectivity index (χ4n) is 1.61. The predicted molar refractivity (Wildman–Crippen MR) is 66.4 cm³/mol. The third-order valence-electron chi connectivity index (χ3n) is 2.66. The highest BCUT2D eigenvalue weighted by Gasteiger charge is 2.19. The van der Waals surface area contributed by atoms with Gasteiger partial charge in [-0.3, -0.25) is 4.98 Å². The topological polar surface area (TPSA) is 51.8 Å². The van der Waals surface area contributed by atoms with Crippen LogP contribution in [0.15, 0.2) is 30.6 Å². The first-order valence-electron chi connectivity index (χ1n) is 5.27. The Morgan fingerprint density at radius 3 is 2.69 bits per heavy atom. The molecule has 0 bridgehead atoms. The lowest BCUT2D eigenvalue weighted by molar-refractivity contribution is 0.591. The third-order valence-corrected chi connectivity index (χ3v) is 3.67. The third kappa shape index (κ3) is 2.28. The van der Waals surface area contributed by atoms with Crippen molar-refractivity contribution in [2.75, 3.05) is 0 Å². The molecule has 2 aromatic rings. The van der Waals surface area contributed by atoms with Gasteiger partial charge in [0.2, 0.25) is 0 Å². The van der Waals surface area contributed by atoms with Crippen LogP contribution >= 0.6 is 11.3 Å². The van der Waals surface area contributed by atoms with Crippen LogP contribution in [0, 0.1) is 6.92 Å². The van der Waals surface area contributed by atoms with Crippen LogP contribution in [0.1, 0.15) is 34.5 Å². The minimum absolute atomic E-state index is 0.0268. The molecule has 0 aliphatic heterocycles. The summed E-state index contributed by atoms with van der Waals surface area (Å²) in [6.07, 6.45) is 3.67. The standard InChI is InChI=1S/C12H15N3S/c1-8(10-5-3-4-6-14-10)12(13)11-7-15-9(2)16-11/h3-8,12H,13H2,1-2H3. The van der Waals surface area contributed by atoms with Gasteiger partial charge in [-0.2, -0.15) is 0 Å². The Hall–Kier alpha value is -1.26. The molecule has 0 fully saturated rings. The largest absolute Gasteiger partial charge is 0.323 e. The van der Waals surface area contributed by atoms with Gasteiger partial charge in [0.25, 0.3) is 0 Å². The minimum Gasteiger partial charge on any atom is -0.323 e. The van der Waals surface area contributed by atoms with Crippen molar-refractivity contribution >= 4 is 11.3 Å². The van der Waals surface area contributed by atoms with E-state index in [1.54, 1.807) is 17.5 Å². The molecule has 2 aromatic heterocycles. The maximum atomic E-state index is 6.21. The number of hydrogen-bond donors (Lipinski definition) is 1. The van der Waals surface area contributed by atoms with Crippen molar-refractivity contribution < 1.29 is 0 Å². The van der Waals surface area contributed by atoms with Crippen LogP contribution in [0.4, 0.5) is 0 Å². The van der Waals surface area contributed by atoms with Gasteiger partial charge in [-0.15, -0.1) is 11.3 Å². The Bertz CT molecular complexity index is 452. The van der Waals surface area contributed by atoms with Gasteiger partial charge in [0.15, 0.2) is 0 Å². The summed E-state index contributed by atoms with van der Waals surface area (Å²) in [5.74, 6) is 0.209. The van der Waals surface area contributed by atoms with Crippen LogP contribution in [-0.2, 0) is 0 Å². The van der Waals surface area contributed by atoms with Gasteiger partial charge in [-0.25, -0.2) is 4.98 Å². The van der Waals surface area contributed by atoms with Crippen LogP contribution in [0.25, 0.3) is 0 Å². The average Bonchev–Trinajstić information content (AvgIpc) is 2.75. The second-order valence-corrected chi connectivity index (χ2v) is 5.12. The highest BCUT2D eigenvalue weighted by Crippen LogP contribution is 2.30. The minimum atomic E-state index is -0.0268. The fraction of sp³-hybridized carbons (Fsp3) is 0.333. The van der Waals surface area contributed by atoms with Gasteiger partial charge in [-0.05, 0) is 19.1 Å². The molecular formula is C12H15N3S. The van der Waals surface area contributed by atoms with Crippen molar-refractivity contribution in [2.45, 2.75) is 25.8 Å². The lowest BCUT2D eigenvalue weighted by Crippen LogP contribution is -2.17. The first-order valence-corrected chi connectivity index (χ1v) is 6.09. The van der Waals surface area contributed by atoms with E-state index in [0.717, 1.165) is 15.6 Å². The molecule has 0 saturated carbocycles. The first-order chi connectivity index (χ1) is 7.68. The van der Waals surface area contributed by atoms with Crippen molar-refractivity contribution in [3.8, 4) is 0 Å². The molecule has 2 atom stereocenters. The van der Waals surface area contributed by atoms with Gasteiger partial charge in [0.05, 0.1) is 5.01 Å². The SMILES string of the molecule is Cc1ncc(C(N)C(C)c2ccccn2)s1. The van der Waals surface area contributed by atoms with E-state index in [2.05, 4.69) is 16.9 Å². The summed E-state index contributed by atoms with van der Waals surface area (Å²) >= 11 is 1.65. The van der Waals surface area contributed by atoms with E-state index in [1.807, 2.05) is 31.3 Å². The molecule has 0 radical (unpaired) electrons. The van der Waals surface area contributed by atoms with Crippen molar-refractivity contribution in [1.82, 2.24) is 9.97 Å². The van der Waals surface area contributed by atoms with Crippen LogP contribution in [-0.4, -0.2) is 9.97 Å². The summed E-state index contributed by atoms with van der Waals surface area (Å²) < 4.78 is 0. The molecule has 2 rings (SSSR count). The zero-order chi connectivity index (χ0) is 11.5. The average molecular weight is 233 g/mol. The summed E-state index contributed by atoms with van der Waals surface area (Å²) in [7, 11) is 0. The van der Waals surface area contributed by atoms with E-state index in [1.165, 1.54) is 0 Å². The molecule has 0 amide bonds. The molecule has 0 saturated heterocycles. The summed E-state index contributed by atoms with van der Waals surface area (Å²) in [5, 5.41) is 1.05. The van der Waals surface area contributed by atoms with Gasteiger partial charge in [0.1, 0.15) is 0 Å². The van der Waals surface area contributed by atoms with Crippen LogP contribution in [0.3, 0.4) is 0 Å². The van der Waals surface area contributed by atoms with E-state index >= 15 is 0 Å². The lowest BCUT2D eigenvalue weighted by atomic mass is 9.98. The Morgan fingerprint density at radius 1 is 1.31 bits per heavy atom. The second-order valence-electron chi connectivity index (χ2n) is 3.85. The number of nitrogens with two attached hydrogens (primary N) is 1. The van der Waals surface area contributed by atoms with Crippen molar-refractivity contribution in [2.24, 2.45) is 5.73 Å². The summed E-state index contributed by atoms with van der Waals surface area (Å²) in [6.45, 7) is 4.09. The van der Waals surface area contributed by atoms with Crippen molar-refractivity contribution in [3.05, 3.63) is 46.2 Å². The van der Waals surface area contributed by atoms with Gasteiger partial charge >= 0.3 is 0 Å². The summed E-state index contributed by atoms with van der Waals surface area (Å²) in [5.41, 5.74) is 7.24. The monoisotopic (exact) mass is 233 g/mol. The van der Waals surface area contributed by atoms with Crippen LogP contribution in [0.5, 0.6) is 0 Å². The van der Waals surface area contributed by atoms with Gasteiger partial charge < -0.3 is 5.73 Å². The van der Waals surface area contributed by atoms with Gasteiger partial charge in [-0.1, -0.05) is 13.0 Å². The molecule has 2 N–H and O–H groups in total. The number of pyridine rings is 1. The number of aryl methyl sites for hydroxylation is 1. The van der Waals surface area contributed by atoms with E-state index in [4.69, 9.17) is 5.73 Å². The molecule has 0 spiro atoms. The van der Waals surface area contributed by atoms with Crippen molar-refractivity contribution in [3.63, 3.8) is 0 Å². The van der Waals surface area contributed by atoms with E-state index in [0.29, 0.717) is 0 Å². The lowest BCUT2D eigenvalue weighted by Gasteiger charge is -2.17. The van der Waals surface area contributed by atoms with Crippen LogP contribution in [0.2, 0.25) is 0 Å². The summed E-state index contributed by atoms with van der Waals surface area (Å²) in [4.78, 5) is 9.69. The fourth-order valence-corrected chi connectivity index (χ4v) is 2.50. The van der Waals surface area contributed by atoms with E-state index < -0.39 is 0 Å². The number of nitrogens with zero attached hydrogens (tertiary/aromatic N) is 2. The molecule has 2 heterocycles. The first kappa shape index (κ1) is 11.2. The number of thiazole rings is 1.